The summed E-state index contributed by atoms with van der Waals surface area (Å²) >= 11 is 0. The van der Waals surface area contributed by atoms with Gasteiger partial charge in [-0.25, -0.2) is 4.39 Å². The lowest BCUT2D eigenvalue weighted by Gasteiger charge is -2.31. The summed E-state index contributed by atoms with van der Waals surface area (Å²) < 4.78 is 13.2. The number of piperidine rings is 1. The third-order valence-corrected chi connectivity index (χ3v) is 3.75. The lowest BCUT2D eigenvalue weighted by molar-refractivity contribution is 0.173. The molecule has 0 atom stereocenters. The van der Waals surface area contributed by atoms with Crippen LogP contribution in [-0.4, -0.2) is 23.1 Å². The van der Waals surface area contributed by atoms with E-state index in [1.54, 1.807) is 12.1 Å². The Labute approximate surface area is 102 Å². The van der Waals surface area contributed by atoms with Gasteiger partial charge < -0.3 is 5.11 Å². The van der Waals surface area contributed by atoms with Gasteiger partial charge >= 0.3 is 0 Å². The van der Waals surface area contributed by atoms with Crippen molar-refractivity contribution in [2.24, 2.45) is 5.92 Å². The van der Waals surface area contributed by atoms with E-state index in [9.17, 15) is 9.50 Å². The molecule has 1 aromatic carbocycles. The van der Waals surface area contributed by atoms with Crippen LogP contribution in [0.25, 0.3) is 0 Å². The number of hydrogen-bond donors (Lipinski definition) is 1. The van der Waals surface area contributed by atoms with E-state index in [1.807, 2.05) is 0 Å². The normalized spacial score (nSPS) is 18.5. The fraction of sp³-hybridized carbons (Fsp3) is 0.571. The zero-order valence-electron chi connectivity index (χ0n) is 10.3. The predicted octanol–water partition coefficient (Wildman–Crippen LogP) is 3.15. The monoisotopic (exact) mass is 237 g/mol. The second kappa shape index (κ2) is 5.50. The molecular weight excluding hydrogens is 217 g/mol. The Morgan fingerprint density at radius 1 is 1.35 bits per heavy atom. The van der Waals surface area contributed by atoms with Crippen molar-refractivity contribution < 1.29 is 9.50 Å². The number of para-hydroxylation sites is 1. The molecule has 1 fully saturated rings. The van der Waals surface area contributed by atoms with Gasteiger partial charge in [-0.2, -0.15) is 0 Å². The Morgan fingerprint density at radius 2 is 2.06 bits per heavy atom. The van der Waals surface area contributed by atoms with E-state index in [4.69, 9.17) is 0 Å². The average Bonchev–Trinajstić information content (AvgIpc) is 2.36. The first-order valence-electron chi connectivity index (χ1n) is 6.39. The zero-order chi connectivity index (χ0) is 12.3. The summed E-state index contributed by atoms with van der Waals surface area (Å²) in [5, 5.41) is 9.62. The average molecular weight is 237 g/mol. The van der Waals surface area contributed by atoms with Crippen LogP contribution in [0.1, 0.15) is 31.7 Å². The molecule has 1 aliphatic heterocycles. The highest BCUT2D eigenvalue weighted by atomic mass is 19.1. The zero-order valence-corrected chi connectivity index (χ0v) is 10.3. The van der Waals surface area contributed by atoms with Crippen molar-refractivity contribution >= 4 is 0 Å². The molecule has 0 radical (unpaired) electrons. The minimum Gasteiger partial charge on any atom is -0.505 e. The quantitative estimate of drug-likeness (QED) is 0.873. The van der Waals surface area contributed by atoms with Gasteiger partial charge in [0.2, 0.25) is 0 Å². The van der Waals surface area contributed by atoms with Crippen LogP contribution >= 0.6 is 0 Å². The maximum absolute atomic E-state index is 13.2. The largest absolute Gasteiger partial charge is 0.505 e. The molecule has 3 heteroatoms. The standard InChI is InChI=1S/C14H20FNO/c1-2-11-6-8-16(9-7-11)10-12-4-3-5-13(15)14(12)17/h3-5,11,17H,2,6-10H2,1H3. The summed E-state index contributed by atoms with van der Waals surface area (Å²) in [6.07, 6.45) is 3.68. The maximum atomic E-state index is 13.2. The molecule has 17 heavy (non-hydrogen) atoms. The van der Waals surface area contributed by atoms with Crippen LogP contribution < -0.4 is 0 Å². The SMILES string of the molecule is CCC1CCN(Cc2cccc(F)c2O)CC1. The van der Waals surface area contributed by atoms with E-state index in [-0.39, 0.29) is 5.75 Å². The molecule has 0 saturated carbocycles. The van der Waals surface area contributed by atoms with E-state index >= 15 is 0 Å². The van der Waals surface area contributed by atoms with Crippen molar-refractivity contribution in [3.63, 3.8) is 0 Å². The second-order valence-electron chi connectivity index (χ2n) is 4.88. The van der Waals surface area contributed by atoms with Gasteiger partial charge in [0.05, 0.1) is 0 Å². The van der Waals surface area contributed by atoms with E-state index < -0.39 is 5.82 Å². The first-order valence-corrected chi connectivity index (χ1v) is 6.39. The minimum atomic E-state index is -0.522. The summed E-state index contributed by atoms with van der Waals surface area (Å²) in [5.74, 6) is 0.128. The molecule has 0 amide bonds. The molecule has 1 saturated heterocycles. The van der Waals surface area contributed by atoms with Crippen LogP contribution in [0.4, 0.5) is 4.39 Å². The molecule has 0 bridgehead atoms. The van der Waals surface area contributed by atoms with Crippen LogP contribution in [0.2, 0.25) is 0 Å². The molecular formula is C14H20FNO. The number of likely N-dealkylation sites (tertiary alicyclic amines) is 1. The summed E-state index contributed by atoms with van der Waals surface area (Å²) in [5.41, 5.74) is 0.694. The van der Waals surface area contributed by atoms with Crippen molar-refractivity contribution in [1.82, 2.24) is 4.90 Å². The molecule has 0 unspecified atom stereocenters. The van der Waals surface area contributed by atoms with Gasteiger partial charge in [0.1, 0.15) is 0 Å². The highest BCUT2D eigenvalue weighted by molar-refractivity contribution is 5.33. The number of rotatable bonds is 3. The summed E-state index contributed by atoms with van der Waals surface area (Å²) in [6, 6.07) is 4.75. The second-order valence-corrected chi connectivity index (χ2v) is 4.88. The molecule has 94 valence electrons. The number of phenolic OH excluding ortho intramolecular Hbond substituents is 1. The molecule has 1 N–H and O–H groups in total. The first-order chi connectivity index (χ1) is 8.20. The third-order valence-electron chi connectivity index (χ3n) is 3.75. The number of benzene rings is 1. The summed E-state index contributed by atoms with van der Waals surface area (Å²) in [6.45, 7) is 4.99. The van der Waals surface area contributed by atoms with Gasteiger partial charge in [-0.3, -0.25) is 4.90 Å². The van der Waals surface area contributed by atoms with E-state index in [0.29, 0.717) is 12.1 Å². The van der Waals surface area contributed by atoms with Gasteiger partial charge in [-0.15, -0.1) is 0 Å². The topological polar surface area (TPSA) is 23.5 Å². The van der Waals surface area contributed by atoms with Crippen molar-refractivity contribution in [3.8, 4) is 5.75 Å². The fourth-order valence-electron chi connectivity index (χ4n) is 2.48. The minimum absolute atomic E-state index is 0.190. The molecule has 0 aromatic heterocycles. The Kier molecular flexibility index (Phi) is 4.00. The fourth-order valence-corrected chi connectivity index (χ4v) is 2.48. The van der Waals surface area contributed by atoms with Crippen LogP contribution in [0.3, 0.4) is 0 Å². The molecule has 1 heterocycles. The third kappa shape index (κ3) is 2.97. The maximum Gasteiger partial charge on any atom is 0.165 e. The molecule has 0 aliphatic carbocycles. The lowest BCUT2D eigenvalue weighted by Crippen LogP contribution is -2.33. The van der Waals surface area contributed by atoms with E-state index in [2.05, 4.69) is 11.8 Å². The lowest BCUT2D eigenvalue weighted by atomic mass is 9.94. The van der Waals surface area contributed by atoms with E-state index in [0.717, 1.165) is 19.0 Å². The summed E-state index contributed by atoms with van der Waals surface area (Å²) in [4.78, 5) is 2.29. The van der Waals surface area contributed by atoms with E-state index in [1.165, 1.54) is 25.3 Å². The number of nitrogens with zero attached hydrogens (tertiary/aromatic N) is 1. The number of phenols is 1. The van der Waals surface area contributed by atoms with Crippen molar-refractivity contribution in [3.05, 3.63) is 29.6 Å². The number of hydrogen-bond acceptors (Lipinski definition) is 2. The van der Waals surface area contributed by atoms with Crippen LogP contribution in [0.15, 0.2) is 18.2 Å². The van der Waals surface area contributed by atoms with Gasteiger partial charge in [0, 0.05) is 12.1 Å². The first kappa shape index (κ1) is 12.4. The van der Waals surface area contributed by atoms with Crippen LogP contribution in [-0.2, 0) is 6.54 Å². The molecule has 2 rings (SSSR count). The van der Waals surface area contributed by atoms with Crippen LogP contribution in [0, 0.1) is 11.7 Å². The highest BCUT2D eigenvalue weighted by Crippen LogP contribution is 2.25. The highest BCUT2D eigenvalue weighted by Gasteiger charge is 2.19. The Morgan fingerprint density at radius 3 is 2.71 bits per heavy atom. The van der Waals surface area contributed by atoms with Crippen molar-refractivity contribution in [1.29, 1.82) is 0 Å². The van der Waals surface area contributed by atoms with Gasteiger partial charge in [0.25, 0.3) is 0 Å². The number of aromatic hydroxyl groups is 1. The van der Waals surface area contributed by atoms with Crippen molar-refractivity contribution in [2.75, 3.05) is 13.1 Å². The molecule has 2 nitrogen and oxygen atoms in total. The predicted molar refractivity (Wildman–Crippen MR) is 66.4 cm³/mol. The van der Waals surface area contributed by atoms with Gasteiger partial charge in [-0.1, -0.05) is 25.5 Å². The van der Waals surface area contributed by atoms with Crippen LogP contribution in [0.5, 0.6) is 5.75 Å². The number of halogens is 1. The summed E-state index contributed by atoms with van der Waals surface area (Å²) in [7, 11) is 0. The van der Waals surface area contributed by atoms with Gasteiger partial charge in [-0.05, 0) is 37.9 Å². The Balaban J connectivity index is 1.95. The Bertz CT molecular complexity index is 372. The molecule has 1 aromatic rings. The molecule has 1 aliphatic rings. The molecule has 0 spiro atoms. The smallest absolute Gasteiger partial charge is 0.165 e. The van der Waals surface area contributed by atoms with Crippen molar-refractivity contribution in [2.45, 2.75) is 32.7 Å². The van der Waals surface area contributed by atoms with Gasteiger partial charge in [0.15, 0.2) is 11.6 Å². The Hall–Kier alpha value is -1.09.